The number of nitrogens with two attached hydrogens (primary N) is 2. The molecule has 0 heterocycles. The van der Waals surface area contributed by atoms with Crippen molar-refractivity contribution in [1.29, 1.82) is 0 Å². The molecule has 3 nitrogen and oxygen atoms in total. The van der Waals surface area contributed by atoms with Crippen LogP contribution in [-0.4, -0.2) is 0 Å². The molecule has 0 radical (unpaired) electrons. The Balaban J connectivity index is 1.84. The van der Waals surface area contributed by atoms with E-state index >= 15 is 0 Å². The smallest absolute Gasteiger partial charge is 0.137 e. The average molecular weight is 274 g/mol. The molecule has 4 bridgehead atoms. The molecule has 5 rings (SSSR count). The molecule has 0 saturated carbocycles. The Morgan fingerprint density at radius 2 is 1.33 bits per heavy atom. The van der Waals surface area contributed by atoms with E-state index in [-0.39, 0.29) is 0 Å². The summed E-state index contributed by atoms with van der Waals surface area (Å²) in [6.45, 7) is 0. The van der Waals surface area contributed by atoms with Crippen molar-refractivity contribution in [3.05, 3.63) is 60.7 Å². The Morgan fingerprint density at radius 3 is 2.05 bits per heavy atom. The summed E-state index contributed by atoms with van der Waals surface area (Å²) >= 11 is 0. The number of ether oxygens (including phenoxy) is 1. The van der Waals surface area contributed by atoms with Crippen LogP contribution < -0.4 is 16.2 Å². The molecule has 0 atom stereocenters. The Hall–Kier alpha value is -2.94. The third-order valence-electron chi connectivity index (χ3n) is 3.80. The van der Waals surface area contributed by atoms with Gasteiger partial charge in [0.15, 0.2) is 0 Å². The van der Waals surface area contributed by atoms with E-state index in [0.717, 1.165) is 39.4 Å². The first-order valence-electron chi connectivity index (χ1n) is 6.79. The van der Waals surface area contributed by atoms with Crippen LogP contribution in [0.1, 0.15) is 0 Å². The summed E-state index contributed by atoms with van der Waals surface area (Å²) in [4.78, 5) is 0. The summed E-state index contributed by atoms with van der Waals surface area (Å²) in [6.07, 6.45) is 0. The molecule has 3 aromatic carbocycles. The second kappa shape index (κ2) is 4.28. The highest BCUT2D eigenvalue weighted by Crippen LogP contribution is 2.45. The third-order valence-corrected chi connectivity index (χ3v) is 3.80. The van der Waals surface area contributed by atoms with Crippen LogP contribution in [0.2, 0.25) is 0 Å². The quantitative estimate of drug-likeness (QED) is 0.536. The maximum Gasteiger partial charge on any atom is 0.137 e. The lowest BCUT2D eigenvalue weighted by Gasteiger charge is -2.14. The van der Waals surface area contributed by atoms with Gasteiger partial charge in [-0.05, 0) is 47.5 Å². The molecule has 0 spiro atoms. The van der Waals surface area contributed by atoms with Gasteiger partial charge in [-0.1, -0.05) is 24.3 Å². The van der Waals surface area contributed by atoms with Crippen LogP contribution in [0.15, 0.2) is 60.7 Å². The standard InChI is InChI=1S/C18H14N2O/c19-13-5-7-14(8-6-13)21-16-10-9-15-11-1-3-12(4-2-11)17(16)18(15)20/h1-10H,19-20H2. The molecule has 102 valence electrons. The lowest BCUT2D eigenvalue weighted by atomic mass is 10.0. The van der Waals surface area contributed by atoms with Gasteiger partial charge in [-0.15, -0.1) is 0 Å². The van der Waals surface area contributed by atoms with Gasteiger partial charge >= 0.3 is 0 Å². The van der Waals surface area contributed by atoms with Crippen LogP contribution >= 0.6 is 0 Å². The molecule has 0 amide bonds. The molecule has 2 aliphatic carbocycles. The van der Waals surface area contributed by atoms with Gasteiger partial charge in [0.25, 0.3) is 0 Å². The third kappa shape index (κ3) is 1.82. The highest BCUT2D eigenvalue weighted by Gasteiger charge is 2.19. The largest absolute Gasteiger partial charge is 0.457 e. The van der Waals surface area contributed by atoms with Gasteiger partial charge in [0.05, 0.1) is 5.69 Å². The van der Waals surface area contributed by atoms with Gasteiger partial charge in [0.1, 0.15) is 11.5 Å². The summed E-state index contributed by atoms with van der Waals surface area (Å²) in [5.41, 5.74) is 17.7. The summed E-state index contributed by atoms with van der Waals surface area (Å²) in [6, 6.07) is 19.6. The van der Waals surface area contributed by atoms with E-state index in [2.05, 4.69) is 24.3 Å². The van der Waals surface area contributed by atoms with Gasteiger partial charge in [-0.2, -0.15) is 0 Å². The van der Waals surface area contributed by atoms with E-state index < -0.39 is 0 Å². The van der Waals surface area contributed by atoms with Crippen LogP contribution in [0.25, 0.3) is 22.3 Å². The molecule has 4 N–H and O–H groups in total. The van der Waals surface area contributed by atoms with E-state index in [1.54, 1.807) is 0 Å². The maximum atomic E-state index is 6.32. The molecule has 3 heteroatoms. The summed E-state index contributed by atoms with van der Waals surface area (Å²) in [5.74, 6) is 1.50. The van der Waals surface area contributed by atoms with Crippen molar-refractivity contribution < 1.29 is 4.74 Å². The second-order valence-corrected chi connectivity index (χ2v) is 5.15. The highest BCUT2D eigenvalue weighted by atomic mass is 16.5. The topological polar surface area (TPSA) is 61.3 Å². The van der Waals surface area contributed by atoms with Gasteiger partial charge < -0.3 is 16.2 Å². The molecule has 0 saturated heterocycles. The molecule has 21 heavy (non-hydrogen) atoms. The predicted molar refractivity (Wildman–Crippen MR) is 86.2 cm³/mol. The number of anilines is 2. The summed E-state index contributed by atoms with van der Waals surface area (Å²) in [5, 5.41) is 0. The zero-order valence-electron chi connectivity index (χ0n) is 11.3. The first-order valence-corrected chi connectivity index (χ1v) is 6.79. The molecule has 3 aromatic rings. The van der Waals surface area contributed by atoms with Crippen molar-refractivity contribution in [2.24, 2.45) is 0 Å². The normalized spacial score (nSPS) is 11.2. The SMILES string of the molecule is Nc1ccc(Oc2ccc3c(N)c2-c2ccc-3cc2)cc1. The van der Waals surface area contributed by atoms with Crippen LogP contribution in [-0.2, 0) is 0 Å². The summed E-state index contributed by atoms with van der Waals surface area (Å²) < 4.78 is 6.00. The molecular formula is C18H14N2O. The van der Waals surface area contributed by atoms with Gasteiger partial charge in [-0.3, -0.25) is 0 Å². The fourth-order valence-corrected chi connectivity index (χ4v) is 2.71. The Kier molecular flexibility index (Phi) is 2.42. The number of nitrogen functional groups attached to an aromatic ring is 2. The molecule has 0 aliphatic heterocycles. The number of hydrogen-bond donors (Lipinski definition) is 2. The zero-order chi connectivity index (χ0) is 14.4. The predicted octanol–water partition coefficient (Wildman–Crippen LogP) is 4.29. The molecule has 0 unspecified atom stereocenters. The van der Waals surface area contributed by atoms with Crippen molar-refractivity contribution in [2.75, 3.05) is 11.5 Å². The van der Waals surface area contributed by atoms with Crippen LogP contribution in [0.5, 0.6) is 11.5 Å². The van der Waals surface area contributed by atoms with E-state index in [9.17, 15) is 0 Å². The molecular weight excluding hydrogens is 260 g/mol. The number of benzene rings is 3. The molecule has 2 aliphatic rings. The van der Waals surface area contributed by atoms with E-state index in [4.69, 9.17) is 16.2 Å². The monoisotopic (exact) mass is 274 g/mol. The van der Waals surface area contributed by atoms with E-state index in [0.29, 0.717) is 5.69 Å². The first-order chi connectivity index (χ1) is 10.2. The van der Waals surface area contributed by atoms with Crippen molar-refractivity contribution in [2.45, 2.75) is 0 Å². The minimum Gasteiger partial charge on any atom is -0.457 e. The number of fused-ring (bicyclic) bond motifs is 2. The number of hydrogen-bond acceptors (Lipinski definition) is 3. The van der Waals surface area contributed by atoms with Crippen molar-refractivity contribution >= 4 is 11.4 Å². The fraction of sp³-hybridized carbons (Fsp3) is 0. The Bertz CT molecular complexity index is 821. The van der Waals surface area contributed by atoms with Gasteiger partial charge in [-0.25, -0.2) is 0 Å². The van der Waals surface area contributed by atoms with Crippen LogP contribution in [0.3, 0.4) is 0 Å². The van der Waals surface area contributed by atoms with Crippen molar-refractivity contribution in [1.82, 2.24) is 0 Å². The van der Waals surface area contributed by atoms with Crippen LogP contribution in [0, 0.1) is 0 Å². The Labute approximate surface area is 122 Å². The maximum absolute atomic E-state index is 6.32. The summed E-state index contributed by atoms with van der Waals surface area (Å²) in [7, 11) is 0. The molecule has 0 fully saturated rings. The highest BCUT2D eigenvalue weighted by molar-refractivity contribution is 5.95. The fourth-order valence-electron chi connectivity index (χ4n) is 2.71. The Morgan fingerprint density at radius 1 is 0.667 bits per heavy atom. The van der Waals surface area contributed by atoms with Gasteiger partial charge in [0, 0.05) is 16.8 Å². The van der Waals surface area contributed by atoms with Gasteiger partial charge in [0.2, 0.25) is 0 Å². The second-order valence-electron chi connectivity index (χ2n) is 5.15. The zero-order valence-corrected chi connectivity index (χ0v) is 11.3. The lowest BCUT2D eigenvalue weighted by Crippen LogP contribution is -1.95. The van der Waals surface area contributed by atoms with Crippen molar-refractivity contribution in [3.8, 4) is 33.8 Å². The first kappa shape index (κ1) is 11.9. The van der Waals surface area contributed by atoms with E-state index in [1.165, 1.54) is 0 Å². The average Bonchev–Trinajstić information content (AvgIpc) is 2.63. The number of rotatable bonds is 2. The van der Waals surface area contributed by atoms with Crippen LogP contribution in [0.4, 0.5) is 11.4 Å². The molecule has 0 aromatic heterocycles. The minimum absolute atomic E-state index is 0.714. The minimum atomic E-state index is 0.714. The van der Waals surface area contributed by atoms with E-state index in [1.807, 2.05) is 36.4 Å². The lowest BCUT2D eigenvalue weighted by molar-refractivity contribution is 0.485. The van der Waals surface area contributed by atoms with Crippen molar-refractivity contribution in [3.63, 3.8) is 0 Å².